The number of aliphatic hydroxyl groups is 1. The summed E-state index contributed by atoms with van der Waals surface area (Å²) in [5.74, 6) is 0.645. The number of carbonyl (C=O) groups excluding carboxylic acids is 2. The van der Waals surface area contributed by atoms with Crippen LogP contribution in [0.4, 0.5) is 4.79 Å². The van der Waals surface area contributed by atoms with Crippen molar-refractivity contribution in [1.82, 2.24) is 16.0 Å². The first-order valence-electron chi connectivity index (χ1n) is 10.7. The number of rotatable bonds is 8. The third-order valence-corrected chi connectivity index (χ3v) is 5.75. The average molecular weight is 426 g/mol. The highest BCUT2D eigenvalue weighted by Crippen LogP contribution is 2.25. The molecule has 0 aromatic heterocycles. The molecule has 0 radical (unpaired) electrons. The lowest BCUT2D eigenvalue weighted by atomic mass is 9.85. The normalized spacial score (nSPS) is 19.2. The second kappa shape index (κ2) is 11.4. The summed E-state index contributed by atoms with van der Waals surface area (Å²) >= 11 is 0. The number of aliphatic hydroxyl groups excluding tert-OH is 1. The van der Waals surface area contributed by atoms with Crippen LogP contribution in [0.2, 0.25) is 0 Å². The molecule has 31 heavy (non-hydrogen) atoms. The van der Waals surface area contributed by atoms with Gasteiger partial charge in [-0.15, -0.1) is 0 Å². The van der Waals surface area contributed by atoms with Crippen LogP contribution in [-0.4, -0.2) is 36.8 Å². The smallest absolute Gasteiger partial charge is 0.315 e. The first kappa shape index (κ1) is 22.6. The van der Waals surface area contributed by atoms with Crippen LogP contribution >= 0.6 is 0 Å². The Morgan fingerprint density at radius 3 is 2.32 bits per heavy atom. The van der Waals surface area contributed by atoms with E-state index in [1.54, 1.807) is 7.11 Å². The summed E-state index contributed by atoms with van der Waals surface area (Å²) in [6.45, 7) is 0.302. The highest BCUT2D eigenvalue weighted by atomic mass is 16.5. The van der Waals surface area contributed by atoms with Gasteiger partial charge in [-0.25, -0.2) is 4.79 Å². The molecule has 3 amide bonds. The molecule has 0 unspecified atom stereocenters. The van der Waals surface area contributed by atoms with E-state index in [1.165, 1.54) is 0 Å². The van der Waals surface area contributed by atoms with Crippen molar-refractivity contribution in [2.75, 3.05) is 13.7 Å². The van der Waals surface area contributed by atoms with Gasteiger partial charge in [-0.3, -0.25) is 4.79 Å². The highest BCUT2D eigenvalue weighted by molar-refractivity contribution is 5.79. The molecule has 1 aliphatic carbocycles. The minimum absolute atomic E-state index is 0.0367. The average Bonchev–Trinajstić information content (AvgIpc) is 2.82. The van der Waals surface area contributed by atoms with Crippen molar-refractivity contribution in [3.8, 4) is 5.75 Å². The lowest BCUT2D eigenvalue weighted by Gasteiger charge is -2.29. The zero-order valence-corrected chi connectivity index (χ0v) is 17.8. The van der Waals surface area contributed by atoms with E-state index in [4.69, 9.17) is 4.74 Å². The van der Waals surface area contributed by atoms with E-state index in [0.29, 0.717) is 19.4 Å². The summed E-state index contributed by atoms with van der Waals surface area (Å²) in [6.07, 6.45) is 2.93. The quantitative estimate of drug-likeness (QED) is 0.523. The minimum atomic E-state index is -0.395. The van der Waals surface area contributed by atoms with E-state index in [-0.39, 0.29) is 30.5 Å². The molecule has 4 N–H and O–H groups in total. The standard InChI is InChI=1S/C24H31N3O4/c1-31-21-13-7-17(8-14-21)15-25-24(30)26-20-11-9-19(10-12-20)23(29)27-22(16-28)18-5-3-2-4-6-18/h2-8,13-14,19-20,22,28H,9-12,15-16H2,1H3,(H,27,29)(H2,25,26,30)/t19?,20?,22-/m1/s1. The summed E-state index contributed by atoms with van der Waals surface area (Å²) in [5.41, 5.74) is 1.88. The van der Waals surface area contributed by atoms with Crippen LogP contribution in [0.3, 0.4) is 0 Å². The molecule has 3 rings (SSSR count). The fraction of sp³-hybridized carbons (Fsp3) is 0.417. The molecule has 0 heterocycles. The van der Waals surface area contributed by atoms with Crippen LogP contribution < -0.4 is 20.7 Å². The molecule has 2 aromatic rings. The van der Waals surface area contributed by atoms with Gasteiger partial charge in [-0.1, -0.05) is 42.5 Å². The van der Waals surface area contributed by atoms with Crippen molar-refractivity contribution in [3.05, 3.63) is 65.7 Å². The molecule has 0 saturated heterocycles. The largest absolute Gasteiger partial charge is 0.497 e. The summed E-state index contributed by atoms with van der Waals surface area (Å²) in [6, 6.07) is 16.5. The lowest BCUT2D eigenvalue weighted by molar-refractivity contribution is -0.127. The van der Waals surface area contributed by atoms with Crippen LogP contribution in [0.1, 0.15) is 42.9 Å². The van der Waals surface area contributed by atoms with Gasteiger partial charge < -0.3 is 25.8 Å². The summed E-state index contributed by atoms with van der Waals surface area (Å²) in [4.78, 5) is 24.9. The highest BCUT2D eigenvalue weighted by Gasteiger charge is 2.28. The summed E-state index contributed by atoms with van der Waals surface area (Å²) in [5, 5.41) is 18.5. The number of nitrogens with one attached hydrogen (secondary N) is 3. The van der Waals surface area contributed by atoms with E-state index in [2.05, 4.69) is 16.0 Å². The molecular formula is C24H31N3O4. The van der Waals surface area contributed by atoms with Crippen molar-refractivity contribution in [1.29, 1.82) is 0 Å². The molecule has 0 aliphatic heterocycles. The molecule has 166 valence electrons. The topological polar surface area (TPSA) is 99.7 Å². The molecule has 1 atom stereocenters. The van der Waals surface area contributed by atoms with Crippen molar-refractivity contribution in [2.24, 2.45) is 5.92 Å². The van der Waals surface area contributed by atoms with Crippen LogP contribution in [0.5, 0.6) is 5.75 Å². The number of hydrogen-bond donors (Lipinski definition) is 4. The third-order valence-electron chi connectivity index (χ3n) is 5.75. The molecule has 2 aromatic carbocycles. The third kappa shape index (κ3) is 6.72. The molecule has 1 fully saturated rings. The fourth-order valence-corrected chi connectivity index (χ4v) is 3.87. The van der Waals surface area contributed by atoms with E-state index in [9.17, 15) is 14.7 Å². The van der Waals surface area contributed by atoms with Crippen LogP contribution in [0, 0.1) is 5.92 Å². The van der Waals surface area contributed by atoms with Gasteiger partial charge in [0.25, 0.3) is 0 Å². The SMILES string of the molecule is COc1ccc(CNC(=O)NC2CCC(C(=O)N[C@H](CO)c3ccccc3)CC2)cc1. The Morgan fingerprint density at radius 1 is 1.03 bits per heavy atom. The molecule has 1 saturated carbocycles. The van der Waals surface area contributed by atoms with Gasteiger partial charge >= 0.3 is 6.03 Å². The number of methoxy groups -OCH3 is 1. The predicted octanol–water partition coefficient (Wildman–Crippen LogP) is 2.90. The van der Waals surface area contributed by atoms with Crippen molar-refractivity contribution < 1.29 is 19.4 Å². The van der Waals surface area contributed by atoms with Crippen LogP contribution in [0.25, 0.3) is 0 Å². The van der Waals surface area contributed by atoms with Crippen molar-refractivity contribution >= 4 is 11.9 Å². The van der Waals surface area contributed by atoms with Gasteiger partial charge in [0.2, 0.25) is 5.91 Å². The molecule has 1 aliphatic rings. The second-order valence-electron chi connectivity index (χ2n) is 7.88. The predicted molar refractivity (Wildman–Crippen MR) is 119 cm³/mol. The molecule has 7 heteroatoms. The first-order valence-corrected chi connectivity index (χ1v) is 10.7. The lowest BCUT2D eigenvalue weighted by Crippen LogP contribution is -2.45. The Kier molecular flexibility index (Phi) is 8.29. The Balaban J connectivity index is 1.39. The Bertz CT molecular complexity index is 834. The number of ether oxygens (including phenoxy) is 1. The van der Waals surface area contributed by atoms with Crippen LogP contribution in [-0.2, 0) is 11.3 Å². The summed E-state index contributed by atoms with van der Waals surface area (Å²) in [7, 11) is 1.62. The number of benzene rings is 2. The van der Waals surface area contributed by atoms with E-state index in [0.717, 1.165) is 29.7 Å². The Hall–Kier alpha value is -3.06. The van der Waals surface area contributed by atoms with E-state index < -0.39 is 6.04 Å². The fourth-order valence-electron chi connectivity index (χ4n) is 3.87. The molecule has 7 nitrogen and oxygen atoms in total. The Labute approximate surface area is 183 Å². The van der Waals surface area contributed by atoms with Gasteiger partial charge in [0.15, 0.2) is 0 Å². The first-order chi connectivity index (χ1) is 15.1. The molecular weight excluding hydrogens is 394 g/mol. The molecule has 0 spiro atoms. The van der Waals surface area contributed by atoms with Crippen molar-refractivity contribution in [2.45, 2.75) is 44.3 Å². The summed E-state index contributed by atoms with van der Waals surface area (Å²) < 4.78 is 5.13. The minimum Gasteiger partial charge on any atom is -0.497 e. The number of amides is 3. The maximum Gasteiger partial charge on any atom is 0.315 e. The zero-order chi connectivity index (χ0) is 22.1. The zero-order valence-electron chi connectivity index (χ0n) is 17.8. The van der Waals surface area contributed by atoms with Gasteiger partial charge in [0.05, 0.1) is 19.8 Å². The van der Waals surface area contributed by atoms with Gasteiger partial charge in [0.1, 0.15) is 5.75 Å². The van der Waals surface area contributed by atoms with Gasteiger partial charge in [-0.2, -0.15) is 0 Å². The monoisotopic (exact) mass is 425 g/mol. The number of hydrogen-bond acceptors (Lipinski definition) is 4. The van der Waals surface area contributed by atoms with Gasteiger partial charge in [-0.05, 0) is 48.9 Å². The molecule has 0 bridgehead atoms. The van der Waals surface area contributed by atoms with E-state index >= 15 is 0 Å². The van der Waals surface area contributed by atoms with E-state index in [1.807, 2.05) is 54.6 Å². The maximum absolute atomic E-state index is 12.6. The number of urea groups is 1. The number of carbonyl (C=O) groups is 2. The maximum atomic E-state index is 12.6. The van der Waals surface area contributed by atoms with Crippen molar-refractivity contribution in [3.63, 3.8) is 0 Å². The van der Waals surface area contributed by atoms with Gasteiger partial charge in [0, 0.05) is 18.5 Å². The Morgan fingerprint density at radius 2 is 1.71 bits per heavy atom. The second-order valence-corrected chi connectivity index (χ2v) is 7.88. The van der Waals surface area contributed by atoms with Crippen LogP contribution in [0.15, 0.2) is 54.6 Å².